The summed E-state index contributed by atoms with van der Waals surface area (Å²) in [4.78, 5) is 0. The molecule has 1 aliphatic heterocycles. The van der Waals surface area contributed by atoms with E-state index in [-0.39, 0.29) is 0 Å². The summed E-state index contributed by atoms with van der Waals surface area (Å²) in [6.45, 7) is 0.0703. The molecular weight excluding hydrogens is 222 g/mol. The molecular formula is C8H17NO5S. The Morgan fingerprint density at radius 3 is 2.27 bits per heavy atom. The number of rotatable bonds is 5. The summed E-state index contributed by atoms with van der Waals surface area (Å²) in [5.74, 6) is 0. The third-order valence-corrected chi connectivity index (χ3v) is 4.39. The summed E-state index contributed by atoms with van der Waals surface area (Å²) in [6, 6.07) is -0.808. The number of sulfonamides is 1. The Morgan fingerprint density at radius 2 is 1.80 bits per heavy atom. The van der Waals surface area contributed by atoms with Crippen LogP contribution in [-0.4, -0.2) is 56.4 Å². The van der Waals surface area contributed by atoms with Gasteiger partial charge in [-0.3, -0.25) is 0 Å². The lowest BCUT2D eigenvalue weighted by Gasteiger charge is -2.24. The summed E-state index contributed by atoms with van der Waals surface area (Å²) < 4.78 is 30.8. The zero-order valence-corrected chi connectivity index (χ0v) is 9.24. The van der Waals surface area contributed by atoms with Crippen LogP contribution < -0.4 is 4.72 Å². The first-order chi connectivity index (χ1) is 7.10. The highest BCUT2D eigenvalue weighted by molar-refractivity contribution is 7.90. The Labute approximate surface area is 89.3 Å². The van der Waals surface area contributed by atoms with E-state index in [9.17, 15) is 8.42 Å². The van der Waals surface area contributed by atoms with Crippen molar-refractivity contribution in [3.05, 3.63) is 0 Å². The summed E-state index contributed by atoms with van der Waals surface area (Å²) >= 11 is 0. The summed E-state index contributed by atoms with van der Waals surface area (Å²) in [6.07, 6.45) is 0.915. The maximum absolute atomic E-state index is 11.7. The van der Waals surface area contributed by atoms with Crippen LogP contribution in [0.4, 0.5) is 0 Å². The third kappa shape index (κ3) is 3.69. The van der Waals surface area contributed by atoms with Crippen LogP contribution in [0.5, 0.6) is 0 Å². The molecule has 90 valence electrons. The lowest BCUT2D eigenvalue weighted by molar-refractivity contribution is 0.0978. The fourth-order valence-corrected chi connectivity index (χ4v) is 3.07. The van der Waals surface area contributed by atoms with Crippen LogP contribution >= 0.6 is 0 Å². The monoisotopic (exact) mass is 239 g/mol. The fraction of sp³-hybridized carbons (Fsp3) is 1.00. The molecule has 3 N–H and O–H groups in total. The highest BCUT2D eigenvalue weighted by Gasteiger charge is 2.29. The minimum absolute atomic E-state index is 0.404. The van der Waals surface area contributed by atoms with Gasteiger partial charge in [-0.2, -0.15) is 0 Å². The van der Waals surface area contributed by atoms with E-state index in [0.29, 0.717) is 26.1 Å². The Bertz CT molecular complexity index is 269. The SMILES string of the molecule is O=S(=O)(NC(CO)CO)C1CCOCC1. The van der Waals surface area contributed by atoms with Crippen molar-refractivity contribution in [2.45, 2.75) is 24.1 Å². The van der Waals surface area contributed by atoms with E-state index in [4.69, 9.17) is 14.9 Å². The van der Waals surface area contributed by atoms with E-state index in [2.05, 4.69) is 4.72 Å². The van der Waals surface area contributed by atoms with Gasteiger partial charge in [-0.25, -0.2) is 13.1 Å². The maximum Gasteiger partial charge on any atom is 0.215 e. The van der Waals surface area contributed by atoms with E-state index in [1.165, 1.54) is 0 Å². The molecule has 1 heterocycles. The van der Waals surface area contributed by atoms with Crippen molar-refractivity contribution in [2.75, 3.05) is 26.4 Å². The van der Waals surface area contributed by atoms with Gasteiger partial charge in [0, 0.05) is 13.2 Å². The zero-order chi connectivity index (χ0) is 11.3. The molecule has 0 spiro atoms. The quantitative estimate of drug-likeness (QED) is 0.539. The normalized spacial score (nSPS) is 19.7. The largest absolute Gasteiger partial charge is 0.395 e. The molecule has 7 heteroatoms. The van der Waals surface area contributed by atoms with Gasteiger partial charge in [-0.1, -0.05) is 0 Å². The second kappa shape index (κ2) is 5.76. The highest BCUT2D eigenvalue weighted by Crippen LogP contribution is 2.14. The van der Waals surface area contributed by atoms with Gasteiger partial charge in [0.05, 0.1) is 24.5 Å². The lowest BCUT2D eigenvalue weighted by Crippen LogP contribution is -2.46. The van der Waals surface area contributed by atoms with E-state index >= 15 is 0 Å². The predicted molar refractivity (Wildman–Crippen MR) is 53.9 cm³/mol. The molecule has 0 aromatic rings. The van der Waals surface area contributed by atoms with Gasteiger partial charge in [0.1, 0.15) is 0 Å². The summed E-state index contributed by atoms with van der Waals surface area (Å²) in [5.41, 5.74) is 0. The van der Waals surface area contributed by atoms with Crippen molar-refractivity contribution >= 4 is 10.0 Å². The van der Waals surface area contributed by atoms with Gasteiger partial charge in [-0.15, -0.1) is 0 Å². The first-order valence-corrected chi connectivity index (χ1v) is 6.45. The molecule has 0 aromatic heterocycles. The molecule has 1 rings (SSSR count). The van der Waals surface area contributed by atoms with Crippen molar-refractivity contribution in [1.82, 2.24) is 4.72 Å². The second-order valence-corrected chi connectivity index (χ2v) is 5.53. The van der Waals surface area contributed by atoms with Gasteiger partial charge >= 0.3 is 0 Å². The number of hydrogen-bond acceptors (Lipinski definition) is 5. The molecule has 0 saturated carbocycles. The number of ether oxygens (including phenoxy) is 1. The summed E-state index contributed by atoms with van der Waals surface area (Å²) in [7, 11) is -3.46. The molecule has 0 aliphatic carbocycles. The van der Waals surface area contributed by atoms with E-state index in [1.807, 2.05) is 0 Å². The van der Waals surface area contributed by atoms with Crippen LogP contribution in [0.1, 0.15) is 12.8 Å². The molecule has 15 heavy (non-hydrogen) atoms. The van der Waals surface area contributed by atoms with Crippen LogP contribution in [0.3, 0.4) is 0 Å². The minimum atomic E-state index is -3.46. The Balaban J connectivity index is 2.56. The fourth-order valence-electron chi connectivity index (χ4n) is 1.45. The van der Waals surface area contributed by atoms with E-state index < -0.39 is 34.5 Å². The van der Waals surface area contributed by atoms with Gasteiger partial charge < -0.3 is 14.9 Å². The number of aliphatic hydroxyl groups excluding tert-OH is 2. The third-order valence-electron chi connectivity index (χ3n) is 2.38. The van der Waals surface area contributed by atoms with Crippen molar-refractivity contribution in [3.63, 3.8) is 0 Å². The van der Waals surface area contributed by atoms with Crippen molar-refractivity contribution < 1.29 is 23.4 Å². The number of nitrogens with one attached hydrogen (secondary N) is 1. The van der Waals surface area contributed by atoms with Crippen molar-refractivity contribution in [1.29, 1.82) is 0 Å². The molecule has 0 atom stereocenters. The van der Waals surface area contributed by atoms with Crippen LogP contribution in [0.15, 0.2) is 0 Å². The molecule has 0 radical (unpaired) electrons. The summed E-state index contributed by atoms with van der Waals surface area (Å²) in [5, 5.41) is 17.1. The first-order valence-electron chi connectivity index (χ1n) is 4.90. The average molecular weight is 239 g/mol. The van der Waals surface area contributed by atoms with Crippen LogP contribution in [0.25, 0.3) is 0 Å². The topological polar surface area (TPSA) is 95.9 Å². The van der Waals surface area contributed by atoms with Gasteiger partial charge in [0.2, 0.25) is 10.0 Å². The molecule has 1 fully saturated rings. The van der Waals surface area contributed by atoms with E-state index in [0.717, 1.165) is 0 Å². The molecule has 1 saturated heterocycles. The van der Waals surface area contributed by atoms with Crippen LogP contribution in [0, 0.1) is 0 Å². The highest BCUT2D eigenvalue weighted by atomic mass is 32.2. The second-order valence-electron chi connectivity index (χ2n) is 3.54. The molecule has 6 nitrogen and oxygen atoms in total. The molecule has 0 unspecified atom stereocenters. The number of hydrogen-bond donors (Lipinski definition) is 3. The molecule has 0 amide bonds. The Morgan fingerprint density at radius 1 is 1.27 bits per heavy atom. The molecule has 0 aromatic carbocycles. The zero-order valence-electron chi connectivity index (χ0n) is 8.42. The molecule has 1 aliphatic rings. The van der Waals surface area contributed by atoms with E-state index in [1.54, 1.807) is 0 Å². The smallest absolute Gasteiger partial charge is 0.215 e. The van der Waals surface area contributed by atoms with Gasteiger partial charge in [0.15, 0.2) is 0 Å². The predicted octanol–water partition coefficient (Wildman–Crippen LogP) is -1.56. The van der Waals surface area contributed by atoms with Crippen LogP contribution in [0.2, 0.25) is 0 Å². The minimum Gasteiger partial charge on any atom is -0.395 e. The Kier molecular flexibility index (Phi) is 4.94. The standard InChI is InChI=1S/C8H17NO5S/c10-5-7(6-11)9-15(12,13)8-1-3-14-4-2-8/h7-11H,1-6H2. The van der Waals surface area contributed by atoms with Gasteiger partial charge in [-0.05, 0) is 12.8 Å². The first kappa shape index (κ1) is 12.9. The Hall–Kier alpha value is -0.210. The lowest BCUT2D eigenvalue weighted by atomic mass is 10.2. The van der Waals surface area contributed by atoms with Crippen molar-refractivity contribution in [3.8, 4) is 0 Å². The number of aliphatic hydroxyl groups is 2. The van der Waals surface area contributed by atoms with Crippen molar-refractivity contribution in [2.24, 2.45) is 0 Å². The van der Waals surface area contributed by atoms with Gasteiger partial charge in [0.25, 0.3) is 0 Å². The average Bonchev–Trinajstić information content (AvgIpc) is 2.27. The maximum atomic E-state index is 11.7. The van der Waals surface area contributed by atoms with Crippen LogP contribution in [-0.2, 0) is 14.8 Å². The molecule has 0 bridgehead atoms.